The monoisotopic (exact) mass is 248 g/mol. The van der Waals surface area contributed by atoms with E-state index in [1.807, 2.05) is 17.9 Å². The number of primary amides is 1. The molecule has 1 atom stereocenters. The second-order valence-electron chi connectivity index (χ2n) is 4.42. The summed E-state index contributed by atoms with van der Waals surface area (Å²) in [4.78, 5) is 24.3. The maximum atomic E-state index is 11.4. The van der Waals surface area contributed by atoms with Crippen LogP contribution in [0.3, 0.4) is 0 Å². The second-order valence-corrected chi connectivity index (χ2v) is 4.42. The highest BCUT2D eigenvalue weighted by molar-refractivity contribution is 5.90. The Labute approximate surface area is 105 Å². The van der Waals surface area contributed by atoms with Gasteiger partial charge in [0.1, 0.15) is 6.04 Å². The molecule has 1 aliphatic heterocycles. The number of carbonyl (C=O) groups is 2. The lowest BCUT2D eigenvalue weighted by atomic mass is 10.1. The number of carboxylic acid groups (broad SMARTS) is 1. The van der Waals surface area contributed by atoms with E-state index >= 15 is 0 Å². The first-order valence-corrected chi connectivity index (χ1v) is 5.96. The maximum absolute atomic E-state index is 11.4. The van der Waals surface area contributed by atoms with Gasteiger partial charge in [-0.15, -0.1) is 0 Å². The Bertz CT molecular complexity index is 499. The largest absolute Gasteiger partial charge is 0.478 e. The van der Waals surface area contributed by atoms with Gasteiger partial charge in [-0.25, -0.2) is 4.79 Å². The molecule has 96 valence electrons. The van der Waals surface area contributed by atoms with Crippen molar-refractivity contribution in [1.82, 2.24) is 0 Å². The Kier molecular flexibility index (Phi) is 3.23. The minimum atomic E-state index is -0.961. The Morgan fingerprint density at radius 2 is 2.22 bits per heavy atom. The minimum absolute atomic E-state index is 0.236. The topological polar surface area (TPSA) is 83.6 Å². The Morgan fingerprint density at radius 3 is 2.78 bits per heavy atom. The molecule has 0 saturated heterocycles. The zero-order valence-electron chi connectivity index (χ0n) is 10.2. The van der Waals surface area contributed by atoms with Crippen LogP contribution in [0.25, 0.3) is 0 Å². The average molecular weight is 248 g/mol. The summed E-state index contributed by atoms with van der Waals surface area (Å²) in [6.07, 6.45) is 1.44. The van der Waals surface area contributed by atoms with Crippen molar-refractivity contribution in [1.29, 1.82) is 0 Å². The molecule has 5 heteroatoms. The van der Waals surface area contributed by atoms with Gasteiger partial charge in [-0.1, -0.05) is 13.0 Å². The molecule has 0 fully saturated rings. The lowest BCUT2D eigenvalue weighted by Gasteiger charge is -2.27. The standard InChI is InChI=1S/C13H16N2O3/c1-2-10(12(14)16)15-6-5-8-3-4-9(13(17)18)7-11(8)15/h3-4,7,10H,2,5-6H2,1H3,(H2,14,16)(H,17,18). The third-order valence-corrected chi connectivity index (χ3v) is 3.36. The van der Waals surface area contributed by atoms with Crippen LogP contribution in [0.15, 0.2) is 18.2 Å². The first-order valence-electron chi connectivity index (χ1n) is 5.96. The minimum Gasteiger partial charge on any atom is -0.478 e. The van der Waals surface area contributed by atoms with Gasteiger partial charge in [-0.2, -0.15) is 0 Å². The van der Waals surface area contributed by atoms with Gasteiger partial charge in [0, 0.05) is 12.2 Å². The van der Waals surface area contributed by atoms with Crippen LogP contribution in [0.4, 0.5) is 5.69 Å². The van der Waals surface area contributed by atoms with Crippen molar-refractivity contribution in [2.75, 3.05) is 11.4 Å². The van der Waals surface area contributed by atoms with Gasteiger partial charge in [0.05, 0.1) is 5.56 Å². The number of fused-ring (bicyclic) bond motifs is 1. The molecule has 0 radical (unpaired) electrons. The van der Waals surface area contributed by atoms with Crippen LogP contribution in [-0.4, -0.2) is 29.6 Å². The number of amides is 1. The number of anilines is 1. The van der Waals surface area contributed by atoms with E-state index in [4.69, 9.17) is 10.8 Å². The first-order chi connectivity index (χ1) is 8.54. The van der Waals surface area contributed by atoms with E-state index in [2.05, 4.69) is 0 Å². The van der Waals surface area contributed by atoms with Crippen molar-refractivity contribution in [3.05, 3.63) is 29.3 Å². The van der Waals surface area contributed by atoms with Crippen LogP contribution >= 0.6 is 0 Å². The number of rotatable bonds is 4. The van der Waals surface area contributed by atoms with Crippen LogP contribution in [0.2, 0.25) is 0 Å². The fourth-order valence-corrected chi connectivity index (χ4v) is 2.44. The van der Waals surface area contributed by atoms with E-state index in [9.17, 15) is 9.59 Å². The fraction of sp³-hybridized carbons (Fsp3) is 0.385. The van der Waals surface area contributed by atoms with Gasteiger partial charge in [0.2, 0.25) is 5.91 Å². The smallest absolute Gasteiger partial charge is 0.335 e. The number of nitrogens with two attached hydrogens (primary N) is 1. The van der Waals surface area contributed by atoms with Crippen molar-refractivity contribution in [3.63, 3.8) is 0 Å². The van der Waals surface area contributed by atoms with Gasteiger partial charge >= 0.3 is 5.97 Å². The summed E-state index contributed by atoms with van der Waals surface area (Å²) >= 11 is 0. The molecule has 0 aromatic heterocycles. The van der Waals surface area contributed by atoms with Crippen LogP contribution < -0.4 is 10.6 Å². The third-order valence-electron chi connectivity index (χ3n) is 3.36. The van der Waals surface area contributed by atoms with Crippen LogP contribution in [-0.2, 0) is 11.2 Å². The predicted molar refractivity (Wildman–Crippen MR) is 67.7 cm³/mol. The van der Waals surface area contributed by atoms with E-state index in [0.29, 0.717) is 13.0 Å². The number of hydrogen-bond acceptors (Lipinski definition) is 3. The van der Waals surface area contributed by atoms with Gasteiger partial charge in [0.25, 0.3) is 0 Å². The molecule has 1 amide bonds. The number of benzene rings is 1. The number of carboxylic acids is 1. The van der Waals surface area contributed by atoms with E-state index in [-0.39, 0.29) is 17.5 Å². The van der Waals surface area contributed by atoms with Crippen LogP contribution in [0, 0.1) is 0 Å². The Balaban J connectivity index is 2.39. The summed E-state index contributed by atoms with van der Waals surface area (Å²) in [7, 11) is 0. The molecule has 18 heavy (non-hydrogen) atoms. The summed E-state index contributed by atoms with van der Waals surface area (Å²) in [5.74, 6) is -1.33. The number of hydrogen-bond donors (Lipinski definition) is 2. The van der Waals surface area contributed by atoms with Crippen molar-refractivity contribution in [2.45, 2.75) is 25.8 Å². The summed E-state index contributed by atoms with van der Waals surface area (Å²) < 4.78 is 0. The molecule has 0 saturated carbocycles. The average Bonchev–Trinajstić information content (AvgIpc) is 2.73. The summed E-state index contributed by atoms with van der Waals surface area (Å²) in [5.41, 5.74) is 7.51. The number of aromatic carboxylic acids is 1. The molecule has 3 N–H and O–H groups in total. The Morgan fingerprint density at radius 1 is 1.50 bits per heavy atom. The zero-order valence-corrected chi connectivity index (χ0v) is 10.2. The lowest BCUT2D eigenvalue weighted by Crippen LogP contribution is -2.43. The molecule has 0 aliphatic carbocycles. The molecule has 1 aliphatic rings. The normalized spacial score (nSPS) is 15.3. The van der Waals surface area contributed by atoms with Crippen LogP contribution in [0.1, 0.15) is 29.3 Å². The predicted octanol–water partition coefficient (Wildman–Crippen LogP) is 1.01. The highest BCUT2D eigenvalue weighted by atomic mass is 16.4. The van der Waals surface area contributed by atoms with E-state index in [1.165, 1.54) is 0 Å². The molecular formula is C13H16N2O3. The molecule has 1 unspecified atom stereocenters. The molecule has 1 heterocycles. The molecule has 5 nitrogen and oxygen atoms in total. The maximum Gasteiger partial charge on any atom is 0.335 e. The lowest BCUT2D eigenvalue weighted by molar-refractivity contribution is -0.119. The summed E-state index contributed by atoms with van der Waals surface area (Å²) in [6, 6.07) is 4.66. The summed E-state index contributed by atoms with van der Waals surface area (Å²) in [5, 5.41) is 9.00. The first kappa shape index (κ1) is 12.4. The van der Waals surface area contributed by atoms with Gasteiger partial charge in [-0.3, -0.25) is 4.79 Å². The molecule has 1 aromatic carbocycles. The summed E-state index contributed by atoms with van der Waals surface area (Å²) in [6.45, 7) is 2.61. The van der Waals surface area contributed by atoms with Crippen LogP contribution in [0.5, 0.6) is 0 Å². The SMILES string of the molecule is CCC(C(N)=O)N1CCc2ccc(C(=O)O)cc21. The van der Waals surface area contributed by atoms with Gasteiger partial charge in [0.15, 0.2) is 0 Å². The Hall–Kier alpha value is -2.04. The molecule has 0 spiro atoms. The van der Waals surface area contributed by atoms with Crippen molar-refractivity contribution in [3.8, 4) is 0 Å². The highest BCUT2D eigenvalue weighted by Gasteiger charge is 2.28. The third kappa shape index (κ3) is 2.03. The molecular weight excluding hydrogens is 232 g/mol. The highest BCUT2D eigenvalue weighted by Crippen LogP contribution is 2.31. The van der Waals surface area contributed by atoms with E-state index in [1.54, 1.807) is 12.1 Å². The number of nitrogens with zero attached hydrogens (tertiary/aromatic N) is 1. The number of carbonyl (C=O) groups excluding carboxylic acids is 1. The molecule has 1 aromatic rings. The van der Waals surface area contributed by atoms with E-state index < -0.39 is 5.97 Å². The second kappa shape index (κ2) is 4.68. The molecule has 2 rings (SSSR count). The quantitative estimate of drug-likeness (QED) is 0.833. The van der Waals surface area contributed by atoms with Gasteiger partial charge < -0.3 is 15.7 Å². The van der Waals surface area contributed by atoms with Gasteiger partial charge in [-0.05, 0) is 30.5 Å². The zero-order chi connectivity index (χ0) is 13.3. The molecule has 0 bridgehead atoms. The fourth-order valence-electron chi connectivity index (χ4n) is 2.44. The van der Waals surface area contributed by atoms with Crippen molar-refractivity contribution < 1.29 is 14.7 Å². The van der Waals surface area contributed by atoms with Crippen molar-refractivity contribution >= 4 is 17.6 Å². The van der Waals surface area contributed by atoms with E-state index in [0.717, 1.165) is 17.7 Å². The van der Waals surface area contributed by atoms with Crippen molar-refractivity contribution in [2.24, 2.45) is 5.73 Å².